The third kappa shape index (κ3) is 4.31. The number of rotatable bonds is 5. The lowest BCUT2D eigenvalue weighted by atomic mass is 10.2. The molecule has 0 saturated carbocycles. The first-order valence-electron chi connectivity index (χ1n) is 6.22. The summed E-state index contributed by atoms with van der Waals surface area (Å²) in [5.74, 6) is 0.772. The molecule has 0 spiro atoms. The molecule has 2 aromatic carbocycles. The minimum atomic E-state index is -0.482. The molecule has 0 bridgehead atoms. The third-order valence-corrected chi connectivity index (χ3v) is 2.69. The number of methoxy groups -OCH3 is 1. The van der Waals surface area contributed by atoms with Crippen molar-refractivity contribution in [3.63, 3.8) is 0 Å². The quantitative estimate of drug-likeness (QED) is 0.908. The minimum absolute atomic E-state index is 0.253. The van der Waals surface area contributed by atoms with E-state index in [1.807, 2.05) is 54.6 Å². The summed E-state index contributed by atoms with van der Waals surface area (Å²) in [6, 6.07) is 16.9. The maximum absolute atomic E-state index is 11.5. The highest BCUT2D eigenvalue weighted by Gasteiger charge is 2.03. The number of carbonyl (C=O) groups excluding carboxylic acids is 1. The molecule has 0 fully saturated rings. The Hall–Kier alpha value is -2.49. The van der Waals surface area contributed by atoms with Crippen LogP contribution in [0.4, 0.5) is 4.79 Å². The van der Waals surface area contributed by atoms with E-state index >= 15 is 0 Å². The first-order valence-corrected chi connectivity index (χ1v) is 6.22. The second kappa shape index (κ2) is 7.19. The van der Waals surface area contributed by atoms with Crippen molar-refractivity contribution in [2.24, 2.45) is 0 Å². The van der Waals surface area contributed by atoms with Gasteiger partial charge in [0.15, 0.2) is 0 Å². The molecule has 1 amide bonds. The lowest BCUT2D eigenvalue weighted by Gasteiger charge is -2.07. The molecule has 0 aromatic heterocycles. The second-order valence-corrected chi connectivity index (χ2v) is 4.12. The van der Waals surface area contributed by atoms with Crippen LogP contribution >= 0.6 is 0 Å². The maximum atomic E-state index is 11.5. The molecular weight excluding hydrogens is 254 g/mol. The molecule has 0 aliphatic rings. The molecule has 1 N–H and O–H groups in total. The average Bonchev–Trinajstić information content (AvgIpc) is 2.52. The number of alkyl carbamates (subject to hydrolysis) is 1. The molecule has 0 atom stereocenters. The van der Waals surface area contributed by atoms with Crippen molar-refractivity contribution in [3.05, 3.63) is 72.3 Å². The molecule has 1 radical (unpaired) electrons. The molecule has 20 heavy (non-hydrogen) atoms. The Bertz CT molecular complexity index is 537. The van der Waals surface area contributed by atoms with Crippen LogP contribution in [-0.2, 0) is 11.3 Å². The van der Waals surface area contributed by atoms with Crippen molar-refractivity contribution < 1.29 is 14.3 Å². The predicted molar refractivity (Wildman–Crippen MR) is 76.2 cm³/mol. The van der Waals surface area contributed by atoms with E-state index in [4.69, 9.17) is 9.47 Å². The first-order chi connectivity index (χ1) is 9.78. The number of nitrogens with one attached hydrogen (secondary N) is 1. The number of carbonyl (C=O) groups is 1. The Morgan fingerprint density at radius 2 is 1.80 bits per heavy atom. The highest BCUT2D eigenvalue weighted by Crippen LogP contribution is 2.11. The molecule has 0 unspecified atom stereocenters. The van der Waals surface area contributed by atoms with Crippen molar-refractivity contribution in [3.8, 4) is 5.75 Å². The predicted octanol–water partition coefficient (Wildman–Crippen LogP) is 3.13. The molecule has 2 aromatic rings. The van der Waals surface area contributed by atoms with Gasteiger partial charge in [0.25, 0.3) is 0 Å². The summed E-state index contributed by atoms with van der Waals surface area (Å²) in [6.45, 7) is 1.84. The van der Waals surface area contributed by atoms with Crippen LogP contribution in [0.1, 0.15) is 11.1 Å². The first kappa shape index (κ1) is 13.9. The van der Waals surface area contributed by atoms with E-state index in [-0.39, 0.29) is 6.61 Å². The van der Waals surface area contributed by atoms with Gasteiger partial charge in [0, 0.05) is 0 Å². The van der Waals surface area contributed by atoms with Gasteiger partial charge in [-0.15, -0.1) is 0 Å². The molecule has 0 aliphatic heterocycles. The van der Waals surface area contributed by atoms with Gasteiger partial charge in [0.1, 0.15) is 12.4 Å². The molecule has 0 heterocycles. The van der Waals surface area contributed by atoms with Crippen molar-refractivity contribution >= 4 is 6.09 Å². The van der Waals surface area contributed by atoms with E-state index in [1.54, 1.807) is 13.7 Å². The van der Waals surface area contributed by atoms with Gasteiger partial charge in [0.2, 0.25) is 0 Å². The van der Waals surface area contributed by atoms with E-state index in [0.29, 0.717) is 0 Å². The highest BCUT2D eigenvalue weighted by atomic mass is 16.5. The topological polar surface area (TPSA) is 47.6 Å². The molecule has 0 aliphatic carbocycles. The van der Waals surface area contributed by atoms with Crippen LogP contribution in [0.25, 0.3) is 0 Å². The van der Waals surface area contributed by atoms with Gasteiger partial charge in [-0.3, -0.25) is 0 Å². The summed E-state index contributed by atoms with van der Waals surface area (Å²) in [4.78, 5) is 11.5. The second-order valence-electron chi connectivity index (χ2n) is 4.12. The van der Waals surface area contributed by atoms with Crippen LogP contribution < -0.4 is 10.1 Å². The molecule has 103 valence electrons. The minimum Gasteiger partial charge on any atom is -0.497 e. The van der Waals surface area contributed by atoms with Gasteiger partial charge in [-0.25, -0.2) is 4.79 Å². The molecule has 4 nitrogen and oxygen atoms in total. The van der Waals surface area contributed by atoms with E-state index in [9.17, 15) is 4.79 Å². The molecule has 0 saturated heterocycles. The summed E-state index contributed by atoms with van der Waals surface area (Å²) < 4.78 is 10.1. The Labute approximate surface area is 118 Å². The Morgan fingerprint density at radius 1 is 1.10 bits per heavy atom. The van der Waals surface area contributed by atoms with E-state index in [0.717, 1.165) is 16.9 Å². The van der Waals surface area contributed by atoms with Gasteiger partial charge in [-0.2, -0.15) is 0 Å². The maximum Gasteiger partial charge on any atom is 0.408 e. The van der Waals surface area contributed by atoms with Gasteiger partial charge in [-0.05, 0) is 23.3 Å². The summed E-state index contributed by atoms with van der Waals surface area (Å²) in [6.07, 6.45) is -0.482. The largest absolute Gasteiger partial charge is 0.497 e. The van der Waals surface area contributed by atoms with Gasteiger partial charge in [-0.1, -0.05) is 42.5 Å². The third-order valence-electron chi connectivity index (χ3n) is 2.69. The fourth-order valence-electron chi connectivity index (χ4n) is 1.61. The normalized spacial score (nSPS) is 9.85. The van der Waals surface area contributed by atoms with E-state index < -0.39 is 6.09 Å². The SMILES string of the molecule is COc1ccc([CH]NC(=O)OCc2ccccc2)cc1. The van der Waals surface area contributed by atoms with Crippen LogP contribution in [0.2, 0.25) is 0 Å². The van der Waals surface area contributed by atoms with Crippen molar-refractivity contribution in [2.45, 2.75) is 6.61 Å². The standard InChI is InChI=1S/C16H16NO3/c1-19-15-9-7-13(8-10-15)11-17-16(18)20-12-14-5-3-2-4-6-14/h2-11H,12H2,1H3,(H,17,18). The molecule has 2 rings (SSSR count). The number of hydrogen-bond acceptors (Lipinski definition) is 3. The summed E-state index contributed by atoms with van der Waals surface area (Å²) in [7, 11) is 1.61. The number of hydrogen-bond donors (Lipinski definition) is 1. The zero-order valence-corrected chi connectivity index (χ0v) is 11.2. The molecule has 4 heteroatoms. The number of amides is 1. The van der Waals surface area contributed by atoms with Crippen LogP contribution in [-0.4, -0.2) is 13.2 Å². The van der Waals surface area contributed by atoms with Gasteiger partial charge >= 0.3 is 6.09 Å². The van der Waals surface area contributed by atoms with Crippen LogP contribution in [0.15, 0.2) is 54.6 Å². The van der Waals surface area contributed by atoms with Crippen LogP contribution in [0.5, 0.6) is 5.75 Å². The fraction of sp³-hybridized carbons (Fsp3) is 0.125. The van der Waals surface area contributed by atoms with E-state index in [1.165, 1.54) is 0 Å². The summed E-state index contributed by atoms with van der Waals surface area (Å²) in [5.41, 5.74) is 1.81. The van der Waals surface area contributed by atoms with Gasteiger partial charge in [0.05, 0.1) is 13.7 Å². The Morgan fingerprint density at radius 3 is 2.45 bits per heavy atom. The van der Waals surface area contributed by atoms with Crippen molar-refractivity contribution in [1.29, 1.82) is 0 Å². The number of ether oxygens (including phenoxy) is 2. The molecular formula is C16H16NO3. The monoisotopic (exact) mass is 270 g/mol. The van der Waals surface area contributed by atoms with Crippen molar-refractivity contribution in [1.82, 2.24) is 5.32 Å². The van der Waals surface area contributed by atoms with Crippen LogP contribution in [0.3, 0.4) is 0 Å². The van der Waals surface area contributed by atoms with Crippen LogP contribution in [0, 0.1) is 6.54 Å². The Kier molecular flexibility index (Phi) is 5.00. The zero-order chi connectivity index (χ0) is 14.2. The fourth-order valence-corrected chi connectivity index (χ4v) is 1.61. The van der Waals surface area contributed by atoms with E-state index in [2.05, 4.69) is 5.32 Å². The number of benzene rings is 2. The lowest BCUT2D eigenvalue weighted by Crippen LogP contribution is -2.21. The summed E-state index contributed by atoms with van der Waals surface area (Å²) >= 11 is 0. The zero-order valence-electron chi connectivity index (χ0n) is 11.2. The highest BCUT2D eigenvalue weighted by molar-refractivity contribution is 5.68. The smallest absolute Gasteiger partial charge is 0.408 e. The lowest BCUT2D eigenvalue weighted by molar-refractivity contribution is 0.142. The van der Waals surface area contributed by atoms with Crippen molar-refractivity contribution in [2.75, 3.05) is 7.11 Å². The van der Waals surface area contributed by atoms with Gasteiger partial charge < -0.3 is 14.8 Å². The average molecular weight is 270 g/mol. The summed E-state index contributed by atoms with van der Waals surface area (Å²) in [5, 5.41) is 2.58. The Balaban J connectivity index is 1.74.